The summed E-state index contributed by atoms with van der Waals surface area (Å²) in [6.45, 7) is 1.79. The second kappa shape index (κ2) is 5.05. The van der Waals surface area contributed by atoms with Crippen LogP contribution >= 0.6 is 11.6 Å². The Kier molecular flexibility index (Phi) is 3.25. The van der Waals surface area contributed by atoms with Crippen LogP contribution in [0.25, 0.3) is 0 Å². The highest BCUT2D eigenvalue weighted by atomic mass is 35.5. The normalized spacial score (nSPS) is 14.9. The highest BCUT2D eigenvalue weighted by Gasteiger charge is 2.17. The molecule has 1 aliphatic rings. The molecule has 0 fully saturated rings. The Morgan fingerprint density at radius 3 is 2.37 bits per heavy atom. The van der Waals surface area contributed by atoms with Crippen molar-refractivity contribution in [2.45, 2.75) is 12.8 Å². The zero-order valence-corrected chi connectivity index (χ0v) is 11.3. The molecule has 0 aliphatic carbocycles. The van der Waals surface area contributed by atoms with Gasteiger partial charge in [-0.05, 0) is 35.6 Å². The number of anilines is 2. The summed E-state index contributed by atoms with van der Waals surface area (Å²) in [5.74, 6) is 0.743. The second-order valence-corrected chi connectivity index (χ2v) is 5.01. The summed E-state index contributed by atoms with van der Waals surface area (Å²) in [6.07, 6.45) is 3.57. The van der Waals surface area contributed by atoms with Gasteiger partial charge in [0.05, 0.1) is 11.9 Å². The molecule has 4 nitrogen and oxygen atoms in total. The lowest BCUT2D eigenvalue weighted by molar-refractivity contribution is 0.790. The minimum absolute atomic E-state index is 0.242. The highest BCUT2D eigenvalue weighted by molar-refractivity contribution is 6.28. The average molecular weight is 275 g/mol. The minimum Gasteiger partial charge on any atom is -0.394 e. The molecular formula is C14H15ClN4. The van der Waals surface area contributed by atoms with Gasteiger partial charge in [-0.1, -0.05) is 24.3 Å². The third kappa shape index (κ3) is 2.49. The molecule has 1 aromatic carbocycles. The number of rotatable bonds is 1. The van der Waals surface area contributed by atoms with E-state index in [0.29, 0.717) is 5.69 Å². The van der Waals surface area contributed by atoms with Crippen LogP contribution in [0.3, 0.4) is 0 Å². The topological polar surface area (TPSA) is 55.0 Å². The molecule has 0 unspecified atom stereocenters. The van der Waals surface area contributed by atoms with E-state index in [9.17, 15) is 0 Å². The first-order valence-electron chi connectivity index (χ1n) is 6.34. The van der Waals surface area contributed by atoms with E-state index in [-0.39, 0.29) is 5.28 Å². The van der Waals surface area contributed by atoms with E-state index in [1.54, 1.807) is 6.20 Å². The fourth-order valence-corrected chi connectivity index (χ4v) is 2.62. The van der Waals surface area contributed by atoms with Crippen molar-refractivity contribution in [2.75, 3.05) is 23.7 Å². The Morgan fingerprint density at radius 2 is 1.74 bits per heavy atom. The van der Waals surface area contributed by atoms with E-state index in [0.717, 1.165) is 31.7 Å². The molecule has 1 aliphatic heterocycles. The molecule has 1 aromatic heterocycles. The van der Waals surface area contributed by atoms with Crippen molar-refractivity contribution in [2.24, 2.45) is 0 Å². The number of hydrogen-bond acceptors (Lipinski definition) is 4. The van der Waals surface area contributed by atoms with E-state index in [1.165, 1.54) is 11.1 Å². The van der Waals surface area contributed by atoms with Gasteiger partial charge in [-0.3, -0.25) is 0 Å². The van der Waals surface area contributed by atoms with E-state index in [1.807, 2.05) is 0 Å². The zero-order chi connectivity index (χ0) is 13.2. The molecule has 98 valence electrons. The van der Waals surface area contributed by atoms with Crippen molar-refractivity contribution in [1.82, 2.24) is 9.97 Å². The molecule has 0 saturated carbocycles. The summed E-state index contributed by atoms with van der Waals surface area (Å²) in [5.41, 5.74) is 9.34. The third-order valence-electron chi connectivity index (χ3n) is 3.49. The molecule has 0 bridgehead atoms. The largest absolute Gasteiger partial charge is 0.394 e. The van der Waals surface area contributed by atoms with E-state index < -0.39 is 0 Å². The molecule has 2 aromatic rings. The maximum absolute atomic E-state index is 5.95. The Labute approximate surface area is 117 Å². The third-order valence-corrected chi connectivity index (χ3v) is 3.67. The predicted molar refractivity (Wildman–Crippen MR) is 77.5 cm³/mol. The van der Waals surface area contributed by atoms with E-state index in [2.05, 4.69) is 39.1 Å². The summed E-state index contributed by atoms with van der Waals surface area (Å²) in [5, 5.41) is 0.242. The molecule has 0 spiro atoms. The molecule has 5 heteroatoms. The molecule has 2 heterocycles. The number of hydrogen-bond donors (Lipinski definition) is 1. The molecular weight excluding hydrogens is 260 g/mol. The Balaban J connectivity index is 1.87. The van der Waals surface area contributed by atoms with Crippen molar-refractivity contribution in [3.8, 4) is 0 Å². The quantitative estimate of drug-likeness (QED) is 0.811. The fourth-order valence-electron chi connectivity index (χ4n) is 2.49. The standard InChI is InChI=1S/C14H15ClN4/c15-14-17-9-12(16)13(18-14)19-7-5-10-3-1-2-4-11(10)6-8-19/h1-4,9H,5-8,16H2. The van der Waals surface area contributed by atoms with E-state index in [4.69, 9.17) is 17.3 Å². The first-order chi connectivity index (χ1) is 9.24. The summed E-state index contributed by atoms with van der Waals surface area (Å²) in [7, 11) is 0. The smallest absolute Gasteiger partial charge is 0.224 e. The van der Waals surface area contributed by atoms with Gasteiger partial charge in [-0.15, -0.1) is 0 Å². The predicted octanol–water partition coefficient (Wildman–Crippen LogP) is 2.32. The lowest BCUT2D eigenvalue weighted by atomic mass is 10.0. The molecule has 0 amide bonds. The van der Waals surface area contributed by atoms with Crippen LogP contribution in [-0.4, -0.2) is 23.1 Å². The van der Waals surface area contributed by atoms with E-state index >= 15 is 0 Å². The minimum atomic E-state index is 0.242. The average Bonchev–Trinajstić information content (AvgIpc) is 2.64. The number of nitrogens with two attached hydrogens (primary N) is 1. The van der Waals surface area contributed by atoms with Crippen molar-refractivity contribution >= 4 is 23.1 Å². The van der Waals surface area contributed by atoms with Crippen LogP contribution in [-0.2, 0) is 12.8 Å². The Hall–Kier alpha value is -1.81. The van der Waals surface area contributed by atoms with Gasteiger partial charge < -0.3 is 10.6 Å². The first kappa shape index (κ1) is 12.2. The lowest BCUT2D eigenvalue weighted by Gasteiger charge is -2.22. The van der Waals surface area contributed by atoms with Crippen LogP contribution in [0, 0.1) is 0 Å². The molecule has 0 saturated heterocycles. The monoisotopic (exact) mass is 274 g/mol. The van der Waals surface area contributed by atoms with Crippen LogP contribution in [0.4, 0.5) is 11.5 Å². The van der Waals surface area contributed by atoms with Gasteiger partial charge in [-0.25, -0.2) is 4.98 Å². The number of halogens is 1. The maximum atomic E-state index is 5.95. The van der Waals surface area contributed by atoms with Crippen LogP contribution < -0.4 is 10.6 Å². The van der Waals surface area contributed by atoms with Crippen LogP contribution in [0.15, 0.2) is 30.5 Å². The SMILES string of the molecule is Nc1cnc(Cl)nc1N1CCc2ccccc2CC1. The van der Waals surface area contributed by atoms with Gasteiger partial charge in [0.25, 0.3) is 0 Å². The van der Waals surface area contributed by atoms with Gasteiger partial charge in [-0.2, -0.15) is 4.98 Å². The highest BCUT2D eigenvalue weighted by Crippen LogP contribution is 2.24. The van der Waals surface area contributed by atoms with Crippen LogP contribution in [0.5, 0.6) is 0 Å². The van der Waals surface area contributed by atoms with Crippen molar-refractivity contribution in [3.05, 3.63) is 46.9 Å². The van der Waals surface area contributed by atoms with Crippen LogP contribution in [0.2, 0.25) is 5.28 Å². The van der Waals surface area contributed by atoms with Gasteiger partial charge in [0.1, 0.15) is 0 Å². The second-order valence-electron chi connectivity index (χ2n) is 4.67. The lowest BCUT2D eigenvalue weighted by Crippen LogP contribution is -2.28. The summed E-state index contributed by atoms with van der Waals surface area (Å²) in [6, 6.07) is 8.55. The first-order valence-corrected chi connectivity index (χ1v) is 6.71. The van der Waals surface area contributed by atoms with Gasteiger partial charge in [0, 0.05) is 13.1 Å². The molecule has 3 rings (SSSR count). The van der Waals surface area contributed by atoms with Crippen molar-refractivity contribution in [1.29, 1.82) is 0 Å². The fraction of sp³-hybridized carbons (Fsp3) is 0.286. The number of nitrogens with zero attached hydrogens (tertiary/aromatic N) is 3. The van der Waals surface area contributed by atoms with Gasteiger partial charge >= 0.3 is 0 Å². The molecule has 0 radical (unpaired) electrons. The summed E-state index contributed by atoms with van der Waals surface area (Å²) in [4.78, 5) is 10.3. The number of nitrogen functional groups attached to an aromatic ring is 1. The summed E-state index contributed by atoms with van der Waals surface area (Å²) >= 11 is 5.86. The van der Waals surface area contributed by atoms with Crippen LogP contribution in [0.1, 0.15) is 11.1 Å². The van der Waals surface area contributed by atoms with Gasteiger partial charge in [0.15, 0.2) is 5.82 Å². The molecule has 0 atom stereocenters. The zero-order valence-electron chi connectivity index (χ0n) is 10.5. The number of benzene rings is 1. The summed E-state index contributed by atoms with van der Waals surface area (Å²) < 4.78 is 0. The molecule has 19 heavy (non-hydrogen) atoms. The number of aromatic nitrogens is 2. The Morgan fingerprint density at radius 1 is 1.11 bits per heavy atom. The van der Waals surface area contributed by atoms with Gasteiger partial charge in [0.2, 0.25) is 5.28 Å². The van der Waals surface area contributed by atoms with Crippen molar-refractivity contribution in [3.63, 3.8) is 0 Å². The molecule has 2 N–H and O–H groups in total. The maximum Gasteiger partial charge on any atom is 0.224 e. The number of fused-ring (bicyclic) bond motifs is 1. The van der Waals surface area contributed by atoms with Crippen molar-refractivity contribution < 1.29 is 0 Å². The Bertz CT molecular complexity index is 573.